The van der Waals surface area contributed by atoms with E-state index >= 15 is 0 Å². The molecule has 2 bridgehead atoms. The molecule has 15 heteroatoms. The Labute approximate surface area is 375 Å². The predicted molar refractivity (Wildman–Crippen MR) is 243 cm³/mol. The fourth-order valence-corrected chi connectivity index (χ4v) is 8.05. The number of Topliss-reactive ketones (excluding diaryl/α,β-unsaturated/α-hetero) is 1. The van der Waals surface area contributed by atoms with Gasteiger partial charge in [-0.3, -0.25) is 24.0 Å². The first-order valence-electron chi connectivity index (χ1n) is 21.6. The van der Waals surface area contributed by atoms with Gasteiger partial charge in [0.1, 0.15) is 17.8 Å². The number of carbonyl (C=O) groups is 5. The topological polar surface area (TPSA) is 213 Å². The number of aryl methyl sites for hydroxylation is 1. The van der Waals surface area contributed by atoms with E-state index in [1.807, 2.05) is 109 Å². The van der Waals surface area contributed by atoms with Crippen LogP contribution in [0.15, 0.2) is 140 Å². The summed E-state index contributed by atoms with van der Waals surface area (Å²) < 4.78 is 5.86. The van der Waals surface area contributed by atoms with Gasteiger partial charge in [-0.1, -0.05) is 120 Å². The second kappa shape index (κ2) is 21.0. The van der Waals surface area contributed by atoms with Crippen LogP contribution in [0.5, 0.6) is 5.75 Å². The summed E-state index contributed by atoms with van der Waals surface area (Å²) in [5, 5.41) is 26.3. The third kappa shape index (κ3) is 11.8. The number of amides is 4. The Morgan fingerprint density at radius 1 is 0.677 bits per heavy atom. The van der Waals surface area contributed by atoms with Crippen LogP contribution in [-0.2, 0) is 56.2 Å². The number of ether oxygens (including phenoxy) is 1. The summed E-state index contributed by atoms with van der Waals surface area (Å²) >= 11 is 0. The number of ketones is 1. The van der Waals surface area contributed by atoms with Crippen molar-refractivity contribution in [2.24, 2.45) is 5.92 Å². The molecule has 0 radical (unpaired) electrons. The lowest BCUT2D eigenvalue weighted by molar-refractivity contribution is -0.134. The van der Waals surface area contributed by atoms with Gasteiger partial charge in [0.05, 0.1) is 12.6 Å². The normalized spacial score (nSPS) is 18.6. The van der Waals surface area contributed by atoms with Gasteiger partial charge in [0.25, 0.3) is 5.91 Å². The Balaban J connectivity index is 1.13. The summed E-state index contributed by atoms with van der Waals surface area (Å²) in [5.74, 6) is -2.70. The molecular formula is C50H49N9O6. The van der Waals surface area contributed by atoms with Crippen LogP contribution in [0.4, 0.5) is 0 Å². The quantitative estimate of drug-likeness (QED) is 0.0990. The molecule has 0 spiro atoms. The van der Waals surface area contributed by atoms with Crippen molar-refractivity contribution >= 4 is 40.3 Å². The maximum Gasteiger partial charge on any atom is 0.258 e. The lowest BCUT2D eigenvalue weighted by Crippen LogP contribution is -2.57. The highest BCUT2D eigenvalue weighted by molar-refractivity contribution is 5.96. The molecule has 2 aromatic heterocycles. The first-order valence-corrected chi connectivity index (χ1v) is 21.6. The van der Waals surface area contributed by atoms with Gasteiger partial charge in [0.2, 0.25) is 17.7 Å². The molecule has 9 rings (SSSR count). The number of hydrogen-bond donors (Lipinski definition) is 6. The number of para-hydroxylation sites is 1. The van der Waals surface area contributed by atoms with Gasteiger partial charge < -0.3 is 31.0 Å². The molecule has 65 heavy (non-hydrogen) atoms. The van der Waals surface area contributed by atoms with Crippen LogP contribution in [0.3, 0.4) is 0 Å². The molecule has 4 atom stereocenters. The van der Waals surface area contributed by atoms with E-state index in [1.54, 1.807) is 30.5 Å². The molecule has 4 amide bonds. The van der Waals surface area contributed by atoms with Gasteiger partial charge >= 0.3 is 0 Å². The predicted octanol–water partition coefficient (Wildman–Crippen LogP) is 4.75. The molecule has 5 aromatic carbocycles. The van der Waals surface area contributed by atoms with Crippen LogP contribution >= 0.6 is 0 Å². The van der Waals surface area contributed by atoms with E-state index in [0.29, 0.717) is 12.2 Å². The molecule has 4 heterocycles. The molecule has 0 unspecified atom stereocenters. The number of carbonyl (C=O) groups excluding carboxylic acids is 5. The zero-order valence-electron chi connectivity index (χ0n) is 35.5. The van der Waals surface area contributed by atoms with Crippen molar-refractivity contribution in [2.75, 3.05) is 6.61 Å². The van der Waals surface area contributed by atoms with Crippen molar-refractivity contribution in [3.8, 4) is 16.9 Å². The van der Waals surface area contributed by atoms with E-state index in [4.69, 9.17) is 4.74 Å². The number of aromatic nitrogens is 5. The molecule has 0 aliphatic carbocycles. The van der Waals surface area contributed by atoms with Crippen LogP contribution in [0.1, 0.15) is 40.9 Å². The van der Waals surface area contributed by atoms with Gasteiger partial charge in [-0.25, -0.2) is 0 Å². The molecule has 330 valence electrons. The minimum atomic E-state index is -1.18. The number of H-pyrrole nitrogens is 2. The van der Waals surface area contributed by atoms with Crippen molar-refractivity contribution in [3.05, 3.63) is 168 Å². The van der Waals surface area contributed by atoms with Crippen LogP contribution in [0, 0.1) is 5.92 Å². The minimum absolute atomic E-state index is 0.0158. The highest BCUT2D eigenvalue weighted by atomic mass is 16.5. The Bertz CT molecular complexity index is 2710. The third-order valence-corrected chi connectivity index (χ3v) is 11.6. The molecule has 7 aromatic rings. The van der Waals surface area contributed by atoms with E-state index in [-0.39, 0.29) is 50.3 Å². The highest BCUT2D eigenvalue weighted by Crippen LogP contribution is 2.23. The summed E-state index contributed by atoms with van der Waals surface area (Å²) in [4.78, 5) is 74.6. The van der Waals surface area contributed by atoms with Crippen molar-refractivity contribution < 1.29 is 28.7 Å². The monoisotopic (exact) mass is 871 g/mol. The molecule has 0 saturated carbocycles. The molecule has 2 aliphatic rings. The van der Waals surface area contributed by atoms with Gasteiger partial charge in [0.15, 0.2) is 18.2 Å². The zero-order valence-corrected chi connectivity index (χ0v) is 35.5. The SMILES string of the molecule is O=C1COc2ccc(cc2)C[C@@H](C(=O)NCc2nn[nH]n2)CC(=O)[C@H](CCc2ccccc2)NC(=O)[C@@H](Cc2ccc(-c3ccccc3)cc2)NC(=O)[C@H](Cc2c[nH]c3ccccc23)N1. The Hall–Kier alpha value is -7.94. The first kappa shape index (κ1) is 43.7. The van der Waals surface area contributed by atoms with Crippen LogP contribution in [0.25, 0.3) is 22.0 Å². The number of rotatable bonds is 11. The standard InChI is InChI=1S/C50H49N9O6/c60-45-28-37(48(62)52-30-46-56-58-59-57-46)25-33-17-22-39(23-18-33)65-31-47(61)53-44(27-38-29-51-41-14-8-7-13-40(38)41)50(64)55-43(49(63)54-42(45)24-19-32-9-3-1-4-10-32)26-34-15-20-36(21-16-34)35-11-5-2-6-12-35/h1-18,20-23,29,37,42-44,51H,19,24-28,30-31H2,(H,52,62)(H,53,61)(H,54,63)(H,55,64)(H,56,57,58,59)/t37-,42+,43-,44+/m1/s1. The van der Waals surface area contributed by atoms with Crippen molar-refractivity contribution in [1.82, 2.24) is 46.9 Å². The van der Waals surface area contributed by atoms with E-state index in [1.165, 1.54) is 0 Å². The van der Waals surface area contributed by atoms with Crippen LogP contribution in [0.2, 0.25) is 0 Å². The molecule has 2 aliphatic heterocycles. The van der Waals surface area contributed by atoms with Gasteiger partial charge in [0, 0.05) is 42.3 Å². The highest BCUT2D eigenvalue weighted by Gasteiger charge is 2.33. The minimum Gasteiger partial charge on any atom is -0.484 e. The first-order chi connectivity index (χ1) is 31.7. The molecule has 0 fully saturated rings. The Kier molecular flexibility index (Phi) is 14.1. The second-order valence-corrected chi connectivity index (χ2v) is 16.1. The van der Waals surface area contributed by atoms with Crippen molar-refractivity contribution in [1.29, 1.82) is 0 Å². The number of tetrazole rings is 1. The summed E-state index contributed by atoms with van der Waals surface area (Å²) in [7, 11) is 0. The van der Waals surface area contributed by atoms with Crippen molar-refractivity contribution in [2.45, 2.75) is 63.2 Å². The summed E-state index contributed by atoms with van der Waals surface area (Å²) in [6, 6.07) is 38.4. The molecule has 0 saturated heterocycles. The summed E-state index contributed by atoms with van der Waals surface area (Å²) in [5.41, 5.74) is 6.11. The molecule has 6 N–H and O–H groups in total. The summed E-state index contributed by atoms with van der Waals surface area (Å²) in [6.45, 7) is -0.411. The third-order valence-electron chi connectivity index (χ3n) is 11.6. The number of nitrogens with one attached hydrogen (secondary N) is 6. The zero-order chi connectivity index (χ0) is 45.0. The maximum atomic E-state index is 14.8. The van der Waals surface area contributed by atoms with E-state index in [0.717, 1.165) is 44.3 Å². The van der Waals surface area contributed by atoms with Crippen LogP contribution < -0.4 is 26.0 Å². The van der Waals surface area contributed by atoms with Crippen molar-refractivity contribution in [3.63, 3.8) is 0 Å². The second-order valence-electron chi connectivity index (χ2n) is 16.1. The fraction of sp³-hybridized carbons (Fsp3) is 0.240. The average Bonchev–Trinajstić information content (AvgIpc) is 4.02. The Morgan fingerprint density at radius 2 is 1.35 bits per heavy atom. The smallest absolute Gasteiger partial charge is 0.258 e. The maximum absolute atomic E-state index is 14.8. The molecule has 15 nitrogen and oxygen atoms in total. The van der Waals surface area contributed by atoms with E-state index in [9.17, 15) is 24.0 Å². The lowest BCUT2D eigenvalue weighted by Gasteiger charge is -2.26. The van der Waals surface area contributed by atoms with Gasteiger partial charge in [-0.2, -0.15) is 5.21 Å². The average molecular weight is 872 g/mol. The number of hydrogen-bond acceptors (Lipinski definition) is 9. The van der Waals surface area contributed by atoms with E-state index in [2.05, 4.69) is 46.9 Å². The summed E-state index contributed by atoms with van der Waals surface area (Å²) in [6.07, 6.45) is 2.62. The number of nitrogens with zero attached hydrogens (tertiary/aromatic N) is 3. The number of fused-ring (bicyclic) bond motifs is 17. The van der Waals surface area contributed by atoms with Gasteiger partial charge in [-0.05, 0) is 70.8 Å². The Morgan fingerprint density at radius 3 is 2.09 bits per heavy atom. The largest absolute Gasteiger partial charge is 0.484 e. The number of aromatic amines is 2. The number of benzene rings is 5. The fourth-order valence-electron chi connectivity index (χ4n) is 8.05. The van der Waals surface area contributed by atoms with Crippen LogP contribution in [-0.4, -0.2) is 79.8 Å². The lowest BCUT2D eigenvalue weighted by atomic mass is 9.89. The van der Waals surface area contributed by atoms with E-state index < -0.39 is 54.3 Å². The van der Waals surface area contributed by atoms with Gasteiger partial charge in [-0.15, -0.1) is 10.2 Å². The molecular weight excluding hydrogens is 823 g/mol.